The molecule has 1 aromatic carbocycles. The number of carbonyl (C=O) groups excluding carboxylic acids is 3. The molecule has 0 aromatic heterocycles. The van der Waals surface area contributed by atoms with Crippen LogP contribution in [-0.4, -0.2) is 40.6 Å². The third kappa shape index (κ3) is 5.53. The van der Waals surface area contributed by atoms with Gasteiger partial charge >= 0.3 is 5.97 Å². The average Bonchev–Trinajstić information content (AvgIpc) is 2.44. The Bertz CT molecular complexity index is 611. The lowest BCUT2D eigenvalue weighted by molar-refractivity contribution is -0.143. The second-order valence-electron chi connectivity index (χ2n) is 4.35. The number of nitrogens with two attached hydrogens (primary N) is 1. The molecule has 5 N–H and O–H groups in total. The normalized spacial score (nSPS) is 11.9. The SMILES string of the molecule is CC(=O)OC[C@H](NC(=O)/C=C/c1ccc(O)c(O)c1)C(N)=O. The van der Waals surface area contributed by atoms with E-state index in [2.05, 4.69) is 10.1 Å². The molecule has 2 amide bonds. The van der Waals surface area contributed by atoms with Gasteiger partial charge in [0.05, 0.1) is 0 Å². The summed E-state index contributed by atoms with van der Waals surface area (Å²) in [6, 6.07) is 2.85. The predicted molar refractivity (Wildman–Crippen MR) is 76.6 cm³/mol. The highest BCUT2D eigenvalue weighted by atomic mass is 16.5. The summed E-state index contributed by atoms with van der Waals surface area (Å²) in [4.78, 5) is 33.5. The number of rotatable bonds is 6. The number of ether oxygens (including phenoxy) is 1. The van der Waals surface area contributed by atoms with Crippen LogP contribution in [0.3, 0.4) is 0 Å². The predicted octanol–water partition coefficient (Wildman–Crippen LogP) is -0.356. The number of nitrogens with one attached hydrogen (secondary N) is 1. The van der Waals surface area contributed by atoms with Gasteiger partial charge in [-0.05, 0) is 23.8 Å². The molecule has 0 spiro atoms. The van der Waals surface area contributed by atoms with Gasteiger partial charge in [-0.1, -0.05) is 6.07 Å². The molecule has 0 aliphatic carbocycles. The number of hydrogen-bond acceptors (Lipinski definition) is 6. The topological polar surface area (TPSA) is 139 Å². The monoisotopic (exact) mass is 308 g/mol. The van der Waals surface area contributed by atoms with E-state index in [1.165, 1.54) is 24.3 Å². The lowest BCUT2D eigenvalue weighted by Crippen LogP contribution is -2.47. The summed E-state index contributed by atoms with van der Waals surface area (Å²) >= 11 is 0. The first-order valence-corrected chi connectivity index (χ1v) is 6.23. The van der Waals surface area contributed by atoms with Gasteiger partial charge in [0.25, 0.3) is 0 Å². The standard InChI is InChI=1S/C14H16N2O6/c1-8(17)22-7-10(14(15)21)16-13(20)5-3-9-2-4-11(18)12(19)6-9/h2-6,10,18-19H,7H2,1H3,(H2,15,21)(H,16,20)/b5-3+/t10-/m0/s1. The number of aromatic hydroxyl groups is 2. The third-order valence-electron chi connectivity index (χ3n) is 2.54. The number of phenols is 2. The van der Waals surface area contributed by atoms with Crippen LogP contribution in [0.4, 0.5) is 0 Å². The quantitative estimate of drug-likeness (QED) is 0.322. The third-order valence-corrected chi connectivity index (χ3v) is 2.54. The van der Waals surface area contributed by atoms with Crippen molar-refractivity contribution in [3.63, 3.8) is 0 Å². The molecule has 118 valence electrons. The van der Waals surface area contributed by atoms with E-state index in [0.717, 1.165) is 13.0 Å². The smallest absolute Gasteiger partial charge is 0.302 e. The van der Waals surface area contributed by atoms with Crippen LogP contribution in [0.1, 0.15) is 12.5 Å². The fraction of sp³-hybridized carbons (Fsp3) is 0.214. The molecule has 1 atom stereocenters. The zero-order chi connectivity index (χ0) is 16.7. The fourth-order valence-electron chi connectivity index (χ4n) is 1.43. The molecule has 0 saturated heterocycles. The Labute approximate surface area is 126 Å². The van der Waals surface area contributed by atoms with Crippen LogP contribution in [0.2, 0.25) is 0 Å². The molecule has 1 rings (SSSR count). The van der Waals surface area contributed by atoms with Crippen molar-refractivity contribution in [2.75, 3.05) is 6.61 Å². The molecule has 8 nitrogen and oxygen atoms in total. The number of hydrogen-bond donors (Lipinski definition) is 4. The highest BCUT2D eigenvalue weighted by Gasteiger charge is 2.18. The summed E-state index contributed by atoms with van der Waals surface area (Å²) in [7, 11) is 0. The van der Waals surface area contributed by atoms with Crippen LogP contribution >= 0.6 is 0 Å². The van der Waals surface area contributed by atoms with Gasteiger partial charge in [0, 0.05) is 13.0 Å². The minimum Gasteiger partial charge on any atom is -0.504 e. The molecule has 0 unspecified atom stereocenters. The summed E-state index contributed by atoms with van der Waals surface area (Å²) in [5.41, 5.74) is 5.54. The van der Waals surface area contributed by atoms with Gasteiger partial charge in [0.15, 0.2) is 11.5 Å². The minimum absolute atomic E-state index is 0.281. The van der Waals surface area contributed by atoms with E-state index in [9.17, 15) is 19.5 Å². The van der Waals surface area contributed by atoms with Crippen LogP contribution in [0.25, 0.3) is 6.08 Å². The van der Waals surface area contributed by atoms with Gasteiger partial charge in [-0.15, -0.1) is 0 Å². The van der Waals surface area contributed by atoms with E-state index in [0.29, 0.717) is 5.56 Å². The van der Waals surface area contributed by atoms with Gasteiger partial charge in [0.2, 0.25) is 11.8 Å². The number of primary amides is 1. The summed E-state index contributed by atoms with van der Waals surface area (Å²) in [6.45, 7) is 0.807. The molecule has 0 fully saturated rings. The molecule has 1 aromatic rings. The molecule has 8 heteroatoms. The van der Waals surface area contributed by atoms with Gasteiger partial charge in [-0.25, -0.2) is 0 Å². The minimum atomic E-state index is -1.14. The first kappa shape index (κ1) is 17.0. The molecular weight excluding hydrogens is 292 g/mol. The number of benzene rings is 1. The van der Waals surface area contributed by atoms with E-state index in [4.69, 9.17) is 10.8 Å². The maximum Gasteiger partial charge on any atom is 0.302 e. The van der Waals surface area contributed by atoms with Crippen molar-refractivity contribution in [2.45, 2.75) is 13.0 Å². The van der Waals surface area contributed by atoms with E-state index in [1.54, 1.807) is 0 Å². The fourth-order valence-corrected chi connectivity index (χ4v) is 1.43. The largest absolute Gasteiger partial charge is 0.504 e. The van der Waals surface area contributed by atoms with Crippen LogP contribution in [-0.2, 0) is 19.1 Å². The highest BCUT2D eigenvalue weighted by molar-refractivity contribution is 5.95. The first-order valence-electron chi connectivity index (χ1n) is 6.23. The lowest BCUT2D eigenvalue weighted by atomic mass is 10.2. The van der Waals surface area contributed by atoms with E-state index >= 15 is 0 Å². The van der Waals surface area contributed by atoms with Crippen molar-refractivity contribution < 1.29 is 29.3 Å². The summed E-state index contributed by atoms with van der Waals surface area (Å²) in [5, 5.41) is 20.7. The number of amides is 2. The number of esters is 1. The molecule has 0 saturated carbocycles. The van der Waals surface area contributed by atoms with Crippen LogP contribution in [0.15, 0.2) is 24.3 Å². The van der Waals surface area contributed by atoms with Crippen LogP contribution in [0.5, 0.6) is 11.5 Å². The van der Waals surface area contributed by atoms with Gasteiger partial charge < -0.3 is 26.0 Å². The Balaban J connectivity index is 2.66. The van der Waals surface area contributed by atoms with Gasteiger partial charge in [0.1, 0.15) is 12.6 Å². The van der Waals surface area contributed by atoms with Crippen molar-refractivity contribution in [3.05, 3.63) is 29.8 Å². The summed E-state index contributed by atoms with van der Waals surface area (Å²) in [6.07, 6.45) is 2.47. The molecule has 0 bridgehead atoms. The molecular formula is C14H16N2O6. The Morgan fingerprint density at radius 1 is 1.32 bits per heavy atom. The Morgan fingerprint density at radius 3 is 2.55 bits per heavy atom. The summed E-state index contributed by atoms with van der Waals surface area (Å²) in [5.74, 6) is -2.69. The van der Waals surface area contributed by atoms with Gasteiger partial charge in [-0.3, -0.25) is 14.4 Å². The second-order valence-corrected chi connectivity index (χ2v) is 4.35. The van der Waals surface area contributed by atoms with Crippen molar-refractivity contribution in [1.82, 2.24) is 5.32 Å². The van der Waals surface area contributed by atoms with E-state index in [1.807, 2.05) is 0 Å². The number of carbonyl (C=O) groups is 3. The van der Waals surface area contributed by atoms with Gasteiger partial charge in [-0.2, -0.15) is 0 Å². The van der Waals surface area contributed by atoms with Crippen molar-refractivity contribution in [3.8, 4) is 11.5 Å². The van der Waals surface area contributed by atoms with E-state index < -0.39 is 23.8 Å². The average molecular weight is 308 g/mol. The Hall–Kier alpha value is -3.03. The molecule has 22 heavy (non-hydrogen) atoms. The Kier molecular flexibility index (Phi) is 5.94. The zero-order valence-electron chi connectivity index (χ0n) is 11.8. The summed E-state index contributed by atoms with van der Waals surface area (Å²) < 4.78 is 4.62. The zero-order valence-corrected chi connectivity index (χ0v) is 11.8. The second kappa shape index (κ2) is 7.67. The maximum absolute atomic E-state index is 11.7. The van der Waals surface area contributed by atoms with Crippen LogP contribution < -0.4 is 11.1 Å². The first-order chi connectivity index (χ1) is 10.3. The van der Waals surface area contributed by atoms with Crippen molar-refractivity contribution in [2.24, 2.45) is 5.73 Å². The van der Waals surface area contributed by atoms with E-state index in [-0.39, 0.29) is 18.1 Å². The number of phenolic OH excluding ortho intramolecular Hbond substituents is 2. The maximum atomic E-state index is 11.7. The van der Waals surface area contributed by atoms with Crippen molar-refractivity contribution in [1.29, 1.82) is 0 Å². The Morgan fingerprint density at radius 2 is 2.00 bits per heavy atom. The van der Waals surface area contributed by atoms with Crippen LogP contribution in [0, 0.1) is 0 Å². The molecule has 0 heterocycles. The lowest BCUT2D eigenvalue weighted by Gasteiger charge is -2.13. The molecule has 0 radical (unpaired) electrons. The highest BCUT2D eigenvalue weighted by Crippen LogP contribution is 2.25. The van der Waals surface area contributed by atoms with Crippen molar-refractivity contribution >= 4 is 23.9 Å². The molecule has 0 aliphatic rings. The molecule has 0 aliphatic heterocycles.